The lowest BCUT2D eigenvalue weighted by atomic mass is 10.1. The number of benzene rings is 2. The fourth-order valence-electron chi connectivity index (χ4n) is 4.86. The molecular weight excluding hydrogens is 537 g/mol. The Morgan fingerprint density at radius 1 is 1.00 bits per heavy atom. The molecule has 0 unspecified atom stereocenters. The molecule has 2 aliphatic rings. The number of sulfonamides is 1. The van der Waals surface area contributed by atoms with Gasteiger partial charge in [-0.3, -0.25) is 14.7 Å². The van der Waals surface area contributed by atoms with Crippen LogP contribution in [0.1, 0.15) is 32.1 Å². The molecule has 2 aromatic carbocycles. The standard InChI is InChI=1S/C28H34FN5O5S/c1-33-15-10-28(31-33)40(35,36)32-20-7-8-25(22(29)17-20)39-24-9-11-30-23-19-27(26(37-2)18-21(23)24)38-16-6-14-34-12-4-3-5-13-34/h7-9,11,17-19,32H,3-6,10,12-16H2,1-2H3. The number of halogens is 1. The van der Waals surface area contributed by atoms with Crippen molar-refractivity contribution in [2.75, 3.05) is 51.7 Å². The molecule has 40 heavy (non-hydrogen) atoms. The van der Waals surface area contributed by atoms with Crippen molar-refractivity contribution < 1.29 is 27.0 Å². The van der Waals surface area contributed by atoms with Crippen molar-refractivity contribution in [1.82, 2.24) is 14.9 Å². The number of fused-ring (bicyclic) bond motifs is 1. The van der Waals surface area contributed by atoms with Crippen LogP contribution in [0.5, 0.6) is 23.0 Å². The van der Waals surface area contributed by atoms with Crippen LogP contribution in [0.25, 0.3) is 10.9 Å². The van der Waals surface area contributed by atoms with Crippen molar-refractivity contribution in [3.63, 3.8) is 0 Å². The number of pyridine rings is 1. The number of aromatic nitrogens is 1. The Hall–Kier alpha value is -3.64. The van der Waals surface area contributed by atoms with Gasteiger partial charge in [-0.25, -0.2) is 4.39 Å². The molecule has 1 saturated heterocycles. The minimum Gasteiger partial charge on any atom is -0.493 e. The molecule has 0 saturated carbocycles. The van der Waals surface area contributed by atoms with E-state index in [0.717, 1.165) is 32.1 Å². The molecule has 2 aliphatic heterocycles. The molecule has 12 heteroatoms. The van der Waals surface area contributed by atoms with Crippen LogP contribution in [0.4, 0.5) is 10.1 Å². The van der Waals surface area contributed by atoms with Gasteiger partial charge in [0.25, 0.3) is 10.0 Å². The van der Waals surface area contributed by atoms with E-state index in [1.165, 1.54) is 31.4 Å². The number of rotatable bonds is 10. The maximum Gasteiger partial charge on any atom is 0.277 e. The van der Waals surface area contributed by atoms with E-state index in [4.69, 9.17) is 14.2 Å². The smallest absolute Gasteiger partial charge is 0.277 e. The van der Waals surface area contributed by atoms with Crippen molar-refractivity contribution in [3.05, 3.63) is 48.4 Å². The first-order valence-electron chi connectivity index (χ1n) is 13.4. The molecule has 1 fully saturated rings. The quantitative estimate of drug-likeness (QED) is 0.346. The number of hydrogen-bond donors (Lipinski definition) is 1. The molecule has 0 bridgehead atoms. The van der Waals surface area contributed by atoms with Gasteiger partial charge in [0.2, 0.25) is 0 Å². The van der Waals surface area contributed by atoms with E-state index in [0.29, 0.717) is 47.7 Å². The number of hydrazone groups is 1. The van der Waals surface area contributed by atoms with E-state index in [1.54, 1.807) is 43.6 Å². The van der Waals surface area contributed by atoms with Crippen LogP contribution in [-0.2, 0) is 10.0 Å². The summed E-state index contributed by atoms with van der Waals surface area (Å²) >= 11 is 0. The summed E-state index contributed by atoms with van der Waals surface area (Å²) in [5, 5.41) is 6.17. The zero-order valence-corrected chi connectivity index (χ0v) is 23.5. The SMILES string of the molecule is COc1cc2c(Oc3ccc(NS(=O)(=O)C4=NN(C)CC4)cc3F)ccnc2cc1OCCCN1CCCCC1. The maximum atomic E-state index is 15.0. The van der Waals surface area contributed by atoms with Crippen molar-refractivity contribution in [3.8, 4) is 23.0 Å². The van der Waals surface area contributed by atoms with Gasteiger partial charge in [0.15, 0.2) is 28.1 Å². The van der Waals surface area contributed by atoms with E-state index < -0.39 is 15.8 Å². The third-order valence-corrected chi connectivity index (χ3v) is 8.37. The number of hydrogen-bond acceptors (Lipinski definition) is 9. The fourth-order valence-corrected chi connectivity index (χ4v) is 6.02. The van der Waals surface area contributed by atoms with Crippen LogP contribution < -0.4 is 18.9 Å². The molecule has 3 heterocycles. The van der Waals surface area contributed by atoms with Gasteiger partial charge in [0.05, 0.1) is 24.9 Å². The largest absolute Gasteiger partial charge is 0.493 e. The van der Waals surface area contributed by atoms with Gasteiger partial charge in [-0.15, -0.1) is 0 Å². The maximum absolute atomic E-state index is 15.0. The number of ether oxygens (including phenoxy) is 3. The highest BCUT2D eigenvalue weighted by Crippen LogP contribution is 2.38. The highest BCUT2D eigenvalue weighted by Gasteiger charge is 2.25. The van der Waals surface area contributed by atoms with Gasteiger partial charge in [-0.2, -0.15) is 13.5 Å². The summed E-state index contributed by atoms with van der Waals surface area (Å²) in [4.78, 5) is 6.90. The van der Waals surface area contributed by atoms with Crippen LogP contribution in [0.2, 0.25) is 0 Å². The number of nitrogens with zero attached hydrogens (tertiary/aromatic N) is 4. The number of methoxy groups -OCH3 is 1. The normalized spacial score (nSPS) is 16.2. The Labute approximate surface area is 233 Å². The molecule has 1 N–H and O–H groups in total. The lowest BCUT2D eigenvalue weighted by molar-refractivity contribution is 0.203. The highest BCUT2D eigenvalue weighted by atomic mass is 32.2. The molecule has 0 amide bonds. The highest BCUT2D eigenvalue weighted by molar-refractivity contribution is 8.07. The number of piperidine rings is 1. The van der Waals surface area contributed by atoms with Gasteiger partial charge in [0, 0.05) is 50.3 Å². The van der Waals surface area contributed by atoms with Crippen molar-refractivity contribution in [1.29, 1.82) is 0 Å². The molecule has 0 radical (unpaired) electrons. The Morgan fingerprint density at radius 2 is 1.82 bits per heavy atom. The van der Waals surface area contributed by atoms with Gasteiger partial charge in [-0.1, -0.05) is 6.42 Å². The molecule has 10 nitrogen and oxygen atoms in total. The Balaban J connectivity index is 1.28. The second-order valence-electron chi connectivity index (χ2n) is 9.91. The molecule has 0 spiro atoms. The van der Waals surface area contributed by atoms with Crippen molar-refractivity contribution >= 4 is 31.7 Å². The molecule has 214 valence electrons. The monoisotopic (exact) mass is 571 g/mol. The topological polar surface area (TPSA) is 106 Å². The molecule has 3 aromatic rings. The first-order chi connectivity index (χ1) is 19.3. The summed E-state index contributed by atoms with van der Waals surface area (Å²) in [6, 6.07) is 9.07. The zero-order chi connectivity index (χ0) is 28.1. The number of likely N-dealkylation sites (tertiary alicyclic amines) is 1. The van der Waals surface area contributed by atoms with E-state index in [2.05, 4.69) is 19.7 Å². The summed E-state index contributed by atoms with van der Waals surface area (Å²) in [6.45, 7) is 4.37. The minimum absolute atomic E-state index is 0.0123. The van der Waals surface area contributed by atoms with E-state index in [-0.39, 0.29) is 16.5 Å². The second kappa shape index (κ2) is 12.3. The average Bonchev–Trinajstić information content (AvgIpc) is 3.40. The lowest BCUT2D eigenvalue weighted by Crippen LogP contribution is -2.31. The van der Waals surface area contributed by atoms with E-state index in [9.17, 15) is 8.42 Å². The Morgan fingerprint density at radius 3 is 2.55 bits per heavy atom. The average molecular weight is 572 g/mol. The molecule has 1 aromatic heterocycles. The summed E-state index contributed by atoms with van der Waals surface area (Å²) in [6.07, 6.45) is 6.61. The van der Waals surface area contributed by atoms with E-state index in [1.807, 2.05) is 0 Å². The van der Waals surface area contributed by atoms with Gasteiger partial charge in [-0.05, 0) is 56.6 Å². The van der Waals surface area contributed by atoms with Gasteiger partial charge >= 0.3 is 0 Å². The van der Waals surface area contributed by atoms with E-state index >= 15 is 4.39 Å². The Kier molecular flexibility index (Phi) is 8.55. The molecule has 5 rings (SSSR count). The predicted octanol–water partition coefficient (Wildman–Crippen LogP) is 4.82. The summed E-state index contributed by atoms with van der Waals surface area (Å²) in [5.41, 5.74) is 0.682. The number of nitrogens with one attached hydrogen (secondary N) is 1. The molecule has 0 aliphatic carbocycles. The molecular formula is C28H34FN5O5S. The predicted molar refractivity (Wildman–Crippen MR) is 152 cm³/mol. The van der Waals surface area contributed by atoms with Gasteiger partial charge < -0.3 is 19.1 Å². The van der Waals surface area contributed by atoms with Crippen LogP contribution >= 0.6 is 0 Å². The van der Waals surface area contributed by atoms with Crippen LogP contribution in [0.3, 0.4) is 0 Å². The third kappa shape index (κ3) is 6.56. The first-order valence-corrected chi connectivity index (χ1v) is 14.9. The Bertz CT molecular complexity index is 1490. The van der Waals surface area contributed by atoms with Crippen molar-refractivity contribution in [2.45, 2.75) is 32.1 Å². The molecule has 0 atom stereocenters. The second-order valence-corrected chi connectivity index (χ2v) is 11.6. The summed E-state index contributed by atoms with van der Waals surface area (Å²) in [7, 11) is -0.620. The fraction of sp³-hybridized carbons (Fsp3) is 0.429. The lowest BCUT2D eigenvalue weighted by Gasteiger charge is -2.26. The number of anilines is 1. The minimum atomic E-state index is -3.88. The summed E-state index contributed by atoms with van der Waals surface area (Å²) < 4.78 is 60.0. The van der Waals surface area contributed by atoms with Crippen molar-refractivity contribution in [2.24, 2.45) is 5.10 Å². The van der Waals surface area contributed by atoms with Gasteiger partial charge in [0.1, 0.15) is 5.75 Å². The zero-order valence-electron chi connectivity index (χ0n) is 22.7. The van der Waals surface area contributed by atoms with Crippen LogP contribution in [0, 0.1) is 5.82 Å². The summed E-state index contributed by atoms with van der Waals surface area (Å²) in [5.74, 6) is 0.686. The van der Waals surface area contributed by atoms with Crippen LogP contribution in [0.15, 0.2) is 47.7 Å². The first kappa shape index (κ1) is 27.9. The van der Waals surface area contributed by atoms with Crippen LogP contribution in [-0.4, -0.2) is 75.3 Å². The third-order valence-electron chi connectivity index (χ3n) is 6.96.